The van der Waals surface area contributed by atoms with Gasteiger partial charge in [-0.25, -0.2) is 4.79 Å². The van der Waals surface area contributed by atoms with E-state index in [-0.39, 0.29) is 18.4 Å². The zero-order valence-corrected chi connectivity index (χ0v) is 18.9. The second kappa shape index (κ2) is 17.1. The number of rotatable bonds is 17. The summed E-state index contributed by atoms with van der Waals surface area (Å²) in [6.45, 7) is -3.72. The predicted molar refractivity (Wildman–Crippen MR) is 114 cm³/mol. The first kappa shape index (κ1) is 33.8. The van der Waals surface area contributed by atoms with E-state index in [2.05, 4.69) is 0 Å². The van der Waals surface area contributed by atoms with Crippen molar-refractivity contribution >= 4 is 5.97 Å². The lowest BCUT2D eigenvalue weighted by Crippen LogP contribution is -2.47. The van der Waals surface area contributed by atoms with E-state index in [1.807, 2.05) is 0 Å². The maximum atomic E-state index is 10.8. The Labute approximate surface area is 192 Å². The fraction of sp³-hybridized carbons (Fsp3) is 0.850. The molecule has 0 fully saturated rings. The molecule has 0 aliphatic rings. The summed E-state index contributed by atoms with van der Waals surface area (Å²) in [4.78, 5) is 10.8. The molecule has 0 aromatic heterocycles. The third-order valence-electron chi connectivity index (χ3n) is 5.66. The first-order chi connectivity index (χ1) is 15.5. The van der Waals surface area contributed by atoms with Crippen LogP contribution in [0.4, 0.5) is 0 Å². The molecule has 0 spiro atoms. The molecule has 11 N–H and O–H groups in total. The maximum Gasteiger partial charge on any atom is 0.334 e. The van der Waals surface area contributed by atoms with Gasteiger partial charge in [-0.3, -0.25) is 0 Å². The van der Waals surface area contributed by atoms with E-state index in [0.717, 1.165) is 6.26 Å². The van der Waals surface area contributed by atoms with Gasteiger partial charge in [0.05, 0.1) is 88.7 Å². The number of hydrogen-bond acceptors (Lipinski definition) is 12. The second-order valence-electron chi connectivity index (χ2n) is 8.21. The number of aliphatic hydroxyl groups is 10. The molecule has 0 aliphatic heterocycles. The quantitative estimate of drug-likeness (QED) is 0.0691. The minimum absolute atomic E-state index is 0.0345. The average molecular weight is 489 g/mol. The molecule has 1 unspecified atom stereocenters. The lowest BCUT2D eigenvalue weighted by atomic mass is 9.77. The smallest absolute Gasteiger partial charge is 0.334 e. The predicted octanol–water partition coefficient (Wildman–Crippen LogP) is -3.99. The lowest BCUT2D eigenvalue weighted by Gasteiger charge is -2.37. The van der Waals surface area contributed by atoms with Crippen LogP contribution < -0.4 is 0 Å². The molecular weight excluding hydrogens is 448 g/mol. The molecule has 0 saturated carbocycles. The van der Waals surface area contributed by atoms with E-state index in [0.29, 0.717) is 0 Å². The molecule has 0 aliphatic carbocycles. The summed E-state index contributed by atoms with van der Waals surface area (Å²) in [5.41, 5.74) is -3.89. The van der Waals surface area contributed by atoms with Crippen molar-refractivity contribution in [2.24, 2.45) is 16.2 Å². The summed E-state index contributed by atoms with van der Waals surface area (Å²) in [5, 5.41) is 99.5. The van der Waals surface area contributed by atoms with Gasteiger partial charge in [-0.2, -0.15) is 0 Å². The highest BCUT2D eigenvalue weighted by Crippen LogP contribution is 2.32. The van der Waals surface area contributed by atoms with Crippen LogP contribution in [-0.2, 0) is 9.53 Å². The van der Waals surface area contributed by atoms with Crippen LogP contribution in [-0.4, -0.2) is 134 Å². The van der Waals surface area contributed by atoms with Crippen LogP contribution in [0.15, 0.2) is 11.8 Å². The Balaban J connectivity index is 0. The molecule has 0 saturated heterocycles. The van der Waals surface area contributed by atoms with Gasteiger partial charge in [0.1, 0.15) is 6.10 Å². The number of ether oxygens (including phenoxy) is 1. The Morgan fingerprint density at radius 1 is 0.697 bits per heavy atom. The normalized spacial score (nSPS) is 13.8. The largest absolute Gasteiger partial charge is 0.497 e. The van der Waals surface area contributed by atoms with Gasteiger partial charge in [-0.05, 0) is 19.8 Å². The number of hydrogen-bond donors (Lipinski definition) is 11. The summed E-state index contributed by atoms with van der Waals surface area (Å²) in [6, 6.07) is 0. The van der Waals surface area contributed by atoms with Crippen LogP contribution >= 0.6 is 0 Å². The van der Waals surface area contributed by atoms with Gasteiger partial charge in [-0.1, -0.05) is 0 Å². The first-order valence-corrected chi connectivity index (χ1v) is 10.2. The Morgan fingerprint density at radius 2 is 1.06 bits per heavy atom. The molecule has 0 aromatic rings. The van der Waals surface area contributed by atoms with Gasteiger partial charge in [-0.15, -0.1) is 0 Å². The van der Waals surface area contributed by atoms with Crippen molar-refractivity contribution in [3.63, 3.8) is 0 Å². The standard InChI is InChI=1S/C15H28O9.C5H12O4/c1-11(13(22)23)4-24-12(15(8-19,9-20)10-21)2-3-14(5-16,6-17)7-18;6-1-5(2-7,3-8)4-9/h4,12,16-21H,2-3,5-10H2,1H3,(H,22,23);6-9H,1-4H2. The summed E-state index contributed by atoms with van der Waals surface area (Å²) in [6.07, 6.45) is 0.0347. The summed E-state index contributed by atoms with van der Waals surface area (Å²) in [7, 11) is 0. The second-order valence-corrected chi connectivity index (χ2v) is 8.21. The molecule has 1 atom stereocenters. The van der Waals surface area contributed by atoms with E-state index in [9.17, 15) is 35.4 Å². The summed E-state index contributed by atoms with van der Waals surface area (Å²) >= 11 is 0. The van der Waals surface area contributed by atoms with E-state index in [1.54, 1.807) is 0 Å². The molecule has 0 amide bonds. The number of carbonyl (C=O) groups is 1. The molecular formula is C20H40O13. The van der Waals surface area contributed by atoms with Gasteiger partial charge < -0.3 is 60.9 Å². The van der Waals surface area contributed by atoms with Crippen molar-refractivity contribution in [3.8, 4) is 0 Å². The third-order valence-corrected chi connectivity index (χ3v) is 5.66. The van der Waals surface area contributed by atoms with Crippen LogP contribution in [0.25, 0.3) is 0 Å². The van der Waals surface area contributed by atoms with Crippen LogP contribution in [0.2, 0.25) is 0 Å². The van der Waals surface area contributed by atoms with Crippen molar-refractivity contribution in [1.82, 2.24) is 0 Å². The van der Waals surface area contributed by atoms with Crippen molar-refractivity contribution in [2.45, 2.75) is 25.9 Å². The van der Waals surface area contributed by atoms with Gasteiger partial charge in [0.2, 0.25) is 0 Å². The van der Waals surface area contributed by atoms with E-state index in [1.165, 1.54) is 6.92 Å². The number of aliphatic carboxylic acids is 1. The Morgan fingerprint density at radius 3 is 1.30 bits per heavy atom. The lowest BCUT2D eigenvalue weighted by molar-refractivity contribution is -0.133. The minimum atomic E-state index is -1.46. The fourth-order valence-electron chi connectivity index (χ4n) is 2.33. The molecule has 0 aromatic carbocycles. The van der Waals surface area contributed by atoms with Crippen molar-refractivity contribution < 1.29 is 65.7 Å². The van der Waals surface area contributed by atoms with Crippen molar-refractivity contribution in [1.29, 1.82) is 0 Å². The minimum Gasteiger partial charge on any atom is -0.497 e. The topological polar surface area (TPSA) is 249 Å². The van der Waals surface area contributed by atoms with Gasteiger partial charge in [0.25, 0.3) is 0 Å². The number of aliphatic hydroxyl groups excluding tert-OH is 10. The van der Waals surface area contributed by atoms with Crippen LogP contribution in [0.1, 0.15) is 19.8 Å². The molecule has 33 heavy (non-hydrogen) atoms. The average Bonchev–Trinajstić information content (AvgIpc) is 2.86. The number of carboxylic acid groups (broad SMARTS) is 1. The van der Waals surface area contributed by atoms with Gasteiger partial charge in [0, 0.05) is 5.41 Å². The van der Waals surface area contributed by atoms with Crippen molar-refractivity contribution in [2.75, 3.05) is 66.1 Å². The highest BCUT2D eigenvalue weighted by atomic mass is 16.5. The number of carboxylic acids is 1. The Hall–Kier alpha value is -1.39. The highest BCUT2D eigenvalue weighted by Gasteiger charge is 2.41. The zero-order valence-electron chi connectivity index (χ0n) is 18.9. The monoisotopic (exact) mass is 488 g/mol. The molecule has 0 radical (unpaired) electrons. The third kappa shape index (κ3) is 10.2. The molecule has 0 bridgehead atoms. The molecule has 13 nitrogen and oxygen atoms in total. The summed E-state index contributed by atoms with van der Waals surface area (Å²) in [5.74, 6) is -1.22. The van der Waals surface area contributed by atoms with Gasteiger partial charge in [0.15, 0.2) is 0 Å². The van der Waals surface area contributed by atoms with E-state index < -0.39 is 94.4 Å². The molecule has 0 rings (SSSR count). The van der Waals surface area contributed by atoms with Crippen LogP contribution in [0.5, 0.6) is 0 Å². The SMILES string of the molecule is CC(=COC(CCC(CO)(CO)CO)C(CO)(CO)CO)C(=O)O.OCC(CO)(CO)CO. The van der Waals surface area contributed by atoms with Crippen LogP contribution in [0, 0.1) is 16.2 Å². The maximum absolute atomic E-state index is 10.8. The molecule has 198 valence electrons. The van der Waals surface area contributed by atoms with Gasteiger partial charge >= 0.3 is 5.97 Å². The molecule has 13 heteroatoms. The summed E-state index contributed by atoms with van der Waals surface area (Å²) < 4.78 is 5.36. The highest BCUT2D eigenvalue weighted by molar-refractivity contribution is 5.85. The molecule has 0 heterocycles. The fourth-order valence-corrected chi connectivity index (χ4v) is 2.33. The Bertz CT molecular complexity index is 506. The van der Waals surface area contributed by atoms with Crippen molar-refractivity contribution in [3.05, 3.63) is 11.8 Å². The van der Waals surface area contributed by atoms with Crippen LogP contribution in [0.3, 0.4) is 0 Å². The van der Waals surface area contributed by atoms with E-state index in [4.69, 9.17) is 30.3 Å². The zero-order chi connectivity index (χ0) is 26.1. The first-order valence-electron chi connectivity index (χ1n) is 10.2. The Kier molecular flexibility index (Phi) is 17.5. The van der Waals surface area contributed by atoms with E-state index >= 15 is 0 Å².